The van der Waals surface area contributed by atoms with Crippen LogP contribution in [0.2, 0.25) is 0 Å². The fraction of sp³-hybridized carbons (Fsp3) is 0.700. The van der Waals surface area contributed by atoms with E-state index in [0.717, 1.165) is 37.8 Å². The minimum atomic E-state index is -0.416. The number of amides is 1. The highest BCUT2D eigenvalue weighted by atomic mass is 16.5. The maximum Gasteiger partial charge on any atom is 0.272 e. The minimum absolute atomic E-state index is 0.0815. The van der Waals surface area contributed by atoms with Crippen LogP contribution in [0.3, 0.4) is 0 Å². The van der Waals surface area contributed by atoms with Crippen molar-refractivity contribution >= 4 is 11.7 Å². The lowest BCUT2D eigenvalue weighted by Gasteiger charge is -2.17. The number of hydrogen-bond donors (Lipinski definition) is 1. The average molecular weight is 357 g/mol. The lowest BCUT2D eigenvalue weighted by Crippen LogP contribution is -2.41. The van der Waals surface area contributed by atoms with Crippen LogP contribution < -0.4 is 10.1 Å². The van der Waals surface area contributed by atoms with Crippen molar-refractivity contribution in [1.29, 1.82) is 0 Å². The molecule has 1 amide bonds. The molecule has 0 unspecified atom stereocenters. The summed E-state index contributed by atoms with van der Waals surface area (Å²) in [5.41, 5.74) is 1.12. The van der Waals surface area contributed by atoms with Crippen LogP contribution in [0.15, 0.2) is 6.20 Å². The van der Waals surface area contributed by atoms with Crippen LogP contribution >= 0.6 is 0 Å². The molecule has 26 heavy (non-hydrogen) atoms. The van der Waals surface area contributed by atoms with E-state index >= 15 is 0 Å². The predicted octanol–water partition coefficient (Wildman–Crippen LogP) is 3.02. The molecule has 0 aliphatic heterocycles. The number of aromatic nitrogens is 2. The van der Waals surface area contributed by atoms with Crippen molar-refractivity contribution in [2.24, 2.45) is 11.8 Å². The summed E-state index contributed by atoms with van der Waals surface area (Å²) in [5, 5.41) is 2.88. The van der Waals surface area contributed by atoms with Crippen molar-refractivity contribution in [1.82, 2.24) is 15.3 Å². The zero-order valence-electron chi connectivity index (χ0n) is 15.4. The molecule has 3 aliphatic carbocycles. The van der Waals surface area contributed by atoms with Gasteiger partial charge >= 0.3 is 0 Å². The topological polar surface area (TPSA) is 81.2 Å². The zero-order chi connectivity index (χ0) is 18.1. The minimum Gasteiger partial charge on any atom is -0.476 e. The first-order valence-corrected chi connectivity index (χ1v) is 9.97. The third-order valence-electron chi connectivity index (χ3n) is 5.42. The van der Waals surface area contributed by atoms with Gasteiger partial charge in [-0.3, -0.25) is 14.6 Å². The summed E-state index contributed by atoms with van der Waals surface area (Å²) in [6.45, 7) is 2.49. The molecule has 3 aliphatic rings. The number of ether oxygens (including phenoxy) is 1. The Kier molecular flexibility index (Phi) is 4.92. The van der Waals surface area contributed by atoms with Crippen LogP contribution in [0.25, 0.3) is 0 Å². The molecule has 0 spiro atoms. The van der Waals surface area contributed by atoms with Gasteiger partial charge in [0, 0.05) is 12.3 Å². The summed E-state index contributed by atoms with van der Waals surface area (Å²) in [6, 6.07) is -0.416. The quantitative estimate of drug-likeness (QED) is 0.696. The Morgan fingerprint density at radius 3 is 2.54 bits per heavy atom. The van der Waals surface area contributed by atoms with Crippen LogP contribution in [0.4, 0.5) is 0 Å². The summed E-state index contributed by atoms with van der Waals surface area (Å²) < 4.78 is 5.88. The Morgan fingerprint density at radius 1 is 1.19 bits per heavy atom. The SMILES string of the molecule is CCC(=O)[C@H](CC1CC1)NC(=O)c1cnc(C2CC2)c(OCC2CC2)n1. The molecule has 0 radical (unpaired) electrons. The number of nitrogens with zero attached hydrogens (tertiary/aromatic N) is 2. The van der Waals surface area contributed by atoms with Gasteiger partial charge in [0.15, 0.2) is 5.78 Å². The van der Waals surface area contributed by atoms with E-state index in [2.05, 4.69) is 15.3 Å². The van der Waals surface area contributed by atoms with Crippen molar-refractivity contribution in [2.45, 2.75) is 70.3 Å². The van der Waals surface area contributed by atoms with Crippen molar-refractivity contribution in [3.8, 4) is 5.88 Å². The first-order chi connectivity index (χ1) is 12.6. The van der Waals surface area contributed by atoms with E-state index in [1.165, 1.54) is 19.0 Å². The number of Topliss-reactive ketones (excluding diaryl/α,β-unsaturated/α-hetero) is 1. The summed E-state index contributed by atoms with van der Waals surface area (Å²) in [4.78, 5) is 33.8. The Balaban J connectivity index is 1.46. The lowest BCUT2D eigenvalue weighted by atomic mass is 10.0. The van der Waals surface area contributed by atoms with Gasteiger partial charge in [-0.2, -0.15) is 0 Å². The van der Waals surface area contributed by atoms with Crippen molar-refractivity contribution in [2.75, 3.05) is 6.61 Å². The van der Waals surface area contributed by atoms with E-state index in [0.29, 0.717) is 36.7 Å². The van der Waals surface area contributed by atoms with E-state index < -0.39 is 6.04 Å². The molecule has 1 N–H and O–H groups in total. The lowest BCUT2D eigenvalue weighted by molar-refractivity contribution is -0.120. The zero-order valence-corrected chi connectivity index (χ0v) is 15.4. The molecule has 0 bridgehead atoms. The molecule has 0 aromatic carbocycles. The molecular weight excluding hydrogens is 330 g/mol. The molecule has 3 saturated carbocycles. The van der Waals surface area contributed by atoms with Gasteiger partial charge in [-0.1, -0.05) is 19.8 Å². The molecule has 4 rings (SSSR count). The normalized spacial score (nSPS) is 20.5. The molecule has 140 valence electrons. The van der Waals surface area contributed by atoms with Gasteiger partial charge in [0.25, 0.3) is 5.91 Å². The van der Waals surface area contributed by atoms with Gasteiger partial charge < -0.3 is 10.1 Å². The number of nitrogens with one attached hydrogen (secondary N) is 1. The first-order valence-electron chi connectivity index (χ1n) is 9.97. The van der Waals surface area contributed by atoms with Crippen molar-refractivity contribution < 1.29 is 14.3 Å². The van der Waals surface area contributed by atoms with Crippen LogP contribution in [0.5, 0.6) is 5.88 Å². The third-order valence-corrected chi connectivity index (χ3v) is 5.42. The monoisotopic (exact) mass is 357 g/mol. The molecule has 1 aromatic rings. The van der Waals surface area contributed by atoms with Gasteiger partial charge in [-0.15, -0.1) is 0 Å². The number of hydrogen-bond acceptors (Lipinski definition) is 5. The Hall–Kier alpha value is -1.98. The van der Waals surface area contributed by atoms with Gasteiger partial charge in [0.05, 0.1) is 18.8 Å². The highest BCUT2D eigenvalue weighted by Crippen LogP contribution is 2.43. The number of rotatable bonds is 10. The van der Waals surface area contributed by atoms with Gasteiger partial charge in [0.1, 0.15) is 11.4 Å². The van der Waals surface area contributed by atoms with Crippen LogP contribution in [-0.4, -0.2) is 34.3 Å². The maximum atomic E-state index is 12.7. The molecule has 3 fully saturated rings. The summed E-state index contributed by atoms with van der Waals surface area (Å²) >= 11 is 0. The number of carbonyl (C=O) groups excluding carboxylic acids is 2. The van der Waals surface area contributed by atoms with Crippen LogP contribution in [0, 0.1) is 11.8 Å². The molecule has 1 aromatic heterocycles. The second kappa shape index (κ2) is 7.33. The Bertz CT molecular complexity index is 694. The van der Waals surface area contributed by atoms with Gasteiger partial charge in [0.2, 0.25) is 5.88 Å². The smallest absolute Gasteiger partial charge is 0.272 e. The van der Waals surface area contributed by atoms with E-state index in [4.69, 9.17) is 4.74 Å². The fourth-order valence-corrected chi connectivity index (χ4v) is 3.15. The van der Waals surface area contributed by atoms with E-state index in [1.54, 1.807) is 0 Å². The number of carbonyl (C=O) groups is 2. The third kappa shape index (κ3) is 4.40. The van der Waals surface area contributed by atoms with Gasteiger partial charge in [-0.05, 0) is 43.9 Å². The van der Waals surface area contributed by atoms with E-state index in [-0.39, 0.29) is 17.4 Å². The Labute approximate surface area is 154 Å². The molecule has 0 saturated heterocycles. The predicted molar refractivity (Wildman–Crippen MR) is 96.1 cm³/mol. The highest BCUT2D eigenvalue weighted by Gasteiger charge is 2.33. The van der Waals surface area contributed by atoms with E-state index in [9.17, 15) is 9.59 Å². The molecular formula is C20H27N3O3. The number of ketones is 1. The average Bonchev–Trinajstić information content (AvgIpc) is 3.48. The first kappa shape index (κ1) is 17.4. The standard InChI is InChI=1S/C20H27N3O3/c1-2-17(24)15(9-12-3-4-12)22-19(25)16-10-21-18(14-7-8-14)20(23-16)26-11-13-5-6-13/h10,12-15H,2-9,11H2,1H3,(H,22,25)/t15-/m0/s1. The van der Waals surface area contributed by atoms with E-state index in [1.807, 2.05) is 6.92 Å². The largest absolute Gasteiger partial charge is 0.476 e. The molecule has 6 heteroatoms. The highest BCUT2D eigenvalue weighted by molar-refractivity contribution is 5.96. The van der Waals surface area contributed by atoms with Crippen molar-refractivity contribution in [3.05, 3.63) is 17.6 Å². The molecule has 6 nitrogen and oxygen atoms in total. The van der Waals surface area contributed by atoms with Crippen LogP contribution in [0.1, 0.15) is 80.4 Å². The van der Waals surface area contributed by atoms with Gasteiger partial charge in [-0.25, -0.2) is 4.98 Å². The Morgan fingerprint density at radius 2 is 1.92 bits per heavy atom. The molecule has 1 heterocycles. The van der Waals surface area contributed by atoms with Crippen molar-refractivity contribution in [3.63, 3.8) is 0 Å². The second-order valence-corrected chi connectivity index (χ2v) is 8.00. The fourth-order valence-electron chi connectivity index (χ4n) is 3.15. The molecule has 1 atom stereocenters. The summed E-state index contributed by atoms with van der Waals surface area (Å²) in [7, 11) is 0. The maximum absolute atomic E-state index is 12.7. The van der Waals surface area contributed by atoms with Crippen LogP contribution in [-0.2, 0) is 4.79 Å². The summed E-state index contributed by atoms with van der Waals surface area (Å²) in [6.07, 6.45) is 9.61. The summed E-state index contributed by atoms with van der Waals surface area (Å²) in [5.74, 6) is 1.86. The second-order valence-electron chi connectivity index (χ2n) is 8.00.